The van der Waals surface area contributed by atoms with Gasteiger partial charge in [-0.15, -0.1) is 0 Å². The first-order chi connectivity index (χ1) is 41.1. The molecule has 3 fully saturated rings. The van der Waals surface area contributed by atoms with Crippen molar-refractivity contribution in [2.75, 3.05) is 52.4 Å². The average molecular weight is 1170 g/mol. The van der Waals surface area contributed by atoms with E-state index >= 15 is 0 Å². The molecular formula is C70H82Cl2N8O4. The van der Waals surface area contributed by atoms with Gasteiger partial charge in [0.25, 0.3) is 11.8 Å². The fourth-order valence-corrected chi connectivity index (χ4v) is 12.4. The number of carbonyl (C=O) groups excluding carboxylic acids is 4. The predicted octanol–water partition coefficient (Wildman–Crippen LogP) is 11.5. The Morgan fingerprint density at radius 1 is 0.512 bits per heavy atom. The van der Waals surface area contributed by atoms with E-state index in [-0.39, 0.29) is 59.6 Å². The predicted molar refractivity (Wildman–Crippen MR) is 341 cm³/mol. The van der Waals surface area contributed by atoms with Gasteiger partial charge in [-0.05, 0) is 128 Å². The Labute approximate surface area is 506 Å². The van der Waals surface area contributed by atoms with Crippen molar-refractivity contribution < 1.29 is 19.2 Å². The largest absolute Gasteiger partial charge is 0.350 e. The van der Waals surface area contributed by atoms with Crippen LogP contribution < -0.4 is 32.3 Å². The van der Waals surface area contributed by atoms with E-state index in [1.807, 2.05) is 89.8 Å². The second-order valence-corrected chi connectivity index (χ2v) is 23.5. The number of nitrogens with one attached hydrogen (secondary N) is 5. The zero-order valence-corrected chi connectivity index (χ0v) is 49.7. The lowest BCUT2D eigenvalue weighted by molar-refractivity contribution is -0.133. The van der Waals surface area contributed by atoms with Crippen LogP contribution in [0, 0.1) is 0 Å². The number of hydrogen-bond donors (Lipinski definition) is 6. The first-order valence-electron chi connectivity index (χ1n) is 30.3. The van der Waals surface area contributed by atoms with Crippen LogP contribution in [0.25, 0.3) is 10.8 Å². The highest BCUT2D eigenvalue weighted by molar-refractivity contribution is 6.42. The quantitative estimate of drug-likeness (QED) is 0.0366. The van der Waals surface area contributed by atoms with Crippen LogP contribution in [0.1, 0.15) is 125 Å². The molecule has 0 radical (unpaired) electrons. The number of rotatable bonds is 22. The van der Waals surface area contributed by atoms with Gasteiger partial charge in [0.1, 0.15) is 0 Å². The van der Waals surface area contributed by atoms with E-state index in [2.05, 4.69) is 110 Å². The molecule has 3 aliphatic rings. The summed E-state index contributed by atoms with van der Waals surface area (Å²) in [6, 6.07) is 60.3. The zero-order chi connectivity index (χ0) is 58.5. The van der Waals surface area contributed by atoms with Gasteiger partial charge in [-0.3, -0.25) is 19.2 Å². The molecule has 7 N–H and O–H groups in total. The number of amides is 4. The third-order valence-electron chi connectivity index (χ3n) is 16.8. The summed E-state index contributed by atoms with van der Waals surface area (Å²) >= 11 is 12.1. The van der Waals surface area contributed by atoms with Crippen molar-refractivity contribution in [2.45, 2.75) is 113 Å². The van der Waals surface area contributed by atoms with Crippen molar-refractivity contribution in [1.29, 1.82) is 0 Å². The molecule has 7 aromatic carbocycles. The molecule has 12 nitrogen and oxygen atoms in total. The fraction of sp³-hybridized carbons (Fsp3) is 0.371. The number of nitrogens with two attached hydrogens (primary N) is 1. The molecule has 84 heavy (non-hydrogen) atoms. The van der Waals surface area contributed by atoms with E-state index < -0.39 is 0 Å². The van der Waals surface area contributed by atoms with E-state index in [4.69, 9.17) is 28.9 Å². The molecule has 0 unspecified atom stereocenters. The van der Waals surface area contributed by atoms with Gasteiger partial charge in [0.05, 0.1) is 22.1 Å². The van der Waals surface area contributed by atoms with Crippen molar-refractivity contribution >= 4 is 57.6 Å². The van der Waals surface area contributed by atoms with Gasteiger partial charge < -0.3 is 42.1 Å². The number of carbonyl (C=O) groups is 4. The molecule has 4 atom stereocenters. The first kappa shape index (κ1) is 61.7. The summed E-state index contributed by atoms with van der Waals surface area (Å²) < 4.78 is 0. The normalized spacial score (nSPS) is 18.7. The van der Waals surface area contributed by atoms with Gasteiger partial charge >= 0.3 is 0 Å². The lowest BCUT2D eigenvalue weighted by Crippen LogP contribution is -2.49. The summed E-state index contributed by atoms with van der Waals surface area (Å²) in [6.07, 6.45) is 11.1. The van der Waals surface area contributed by atoms with Crippen LogP contribution in [0.5, 0.6) is 0 Å². The highest BCUT2D eigenvalue weighted by Gasteiger charge is 2.35. The first-order valence-corrected chi connectivity index (χ1v) is 31.1. The molecule has 1 aliphatic carbocycles. The second kappa shape index (κ2) is 31.8. The third kappa shape index (κ3) is 17.6. The summed E-state index contributed by atoms with van der Waals surface area (Å²) in [5, 5.41) is 20.0. The Morgan fingerprint density at radius 2 is 0.952 bits per heavy atom. The average Bonchev–Trinajstić information content (AvgIpc) is 3.93. The molecular weight excluding hydrogens is 1090 g/mol. The molecule has 2 aliphatic heterocycles. The molecule has 0 aromatic heterocycles. The number of nitrogens with zero attached hydrogens (tertiary/aromatic N) is 2. The maximum atomic E-state index is 14.2. The van der Waals surface area contributed by atoms with Gasteiger partial charge in [0, 0.05) is 80.4 Å². The molecule has 0 spiro atoms. The topological polar surface area (TPSA) is 161 Å². The molecule has 0 bridgehead atoms. The van der Waals surface area contributed by atoms with Gasteiger partial charge in [-0.25, -0.2) is 0 Å². The number of fused-ring (bicyclic) bond motifs is 1. The minimum Gasteiger partial charge on any atom is -0.350 e. The summed E-state index contributed by atoms with van der Waals surface area (Å²) in [4.78, 5) is 58.0. The molecule has 2 saturated heterocycles. The summed E-state index contributed by atoms with van der Waals surface area (Å²) in [5.74, 6) is 0.0732. The van der Waals surface area contributed by atoms with Crippen LogP contribution in [0.2, 0.25) is 10.0 Å². The maximum absolute atomic E-state index is 14.2. The summed E-state index contributed by atoms with van der Waals surface area (Å²) in [6.45, 7) is 4.75. The minimum absolute atomic E-state index is 0.00145. The highest BCUT2D eigenvalue weighted by atomic mass is 35.5. The fourth-order valence-electron chi connectivity index (χ4n) is 12.1. The van der Waals surface area contributed by atoms with Gasteiger partial charge in [0.2, 0.25) is 11.8 Å². The van der Waals surface area contributed by atoms with Gasteiger partial charge in [-0.2, -0.15) is 0 Å². The van der Waals surface area contributed by atoms with Crippen molar-refractivity contribution in [3.63, 3.8) is 0 Å². The molecule has 2 heterocycles. The Hall–Kier alpha value is -6.90. The van der Waals surface area contributed by atoms with E-state index in [1.54, 1.807) is 18.2 Å². The van der Waals surface area contributed by atoms with E-state index in [9.17, 15) is 19.2 Å². The minimum atomic E-state index is -0.361. The van der Waals surface area contributed by atoms with E-state index in [0.717, 1.165) is 43.0 Å². The summed E-state index contributed by atoms with van der Waals surface area (Å²) in [7, 11) is 0. The lowest BCUT2D eigenvalue weighted by Gasteiger charge is -2.29. The van der Waals surface area contributed by atoms with Crippen LogP contribution >= 0.6 is 23.2 Å². The van der Waals surface area contributed by atoms with Gasteiger partial charge in [-0.1, -0.05) is 194 Å². The molecule has 14 heteroatoms. The maximum Gasteiger partial charge on any atom is 0.251 e. The smallest absolute Gasteiger partial charge is 0.251 e. The van der Waals surface area contributed by atoms with Crippen LogP contribution in [-0.2, 0) is 9.59 Å². The number of halogens is 2. The lowest BCUT2D eigenvalue weighted by atomic mass is 9.90. The van der Waals surface area contributed by atoms with Crippen LogP contribution in [0.15, 0.2) is 182 Å². The molecule has 10 rings (SSSR count). The second-order valence-electron chi connectivity index (χ2n) is 22.7. The van der Waals surface area contributed by atoms with Crippen molar-refractivity contribution in [2.24, 2.45) is 5.73 Å². The monoisotopic (exact) mass is 1170 g/mol. The van der Waals surface area contributed by atoms with E-state index in [1.165, 1.54) is 54.4 Å². The molecule has 7 aromatic rings. The zero-order valence-electron chi connectivity index (χ0n) is 48.2. The molecule has 4 amide bonds. The van der Waals surface area contributed by atoms with E-state index in [0.29, 0.717) is 85.9 Å². The van der Waals surface area contributed by atoms with Crippen LogP contribution in [0.3, 0.4) is 0 Å². The molecule has 440 valence electrons. The standard InChI is InChI=1S/C40H48N4O2.C30H34Cl2N4O2/c45-39(34-23-22-30-13-10-11-18-33(30)27-34)42-28-36-24-26-44(29-37(31-14-4-1-5-15-31)32-16-6-2-7-17-32)40(46)38(43-36)21-12-25-41-35-19-8-3-9-20-35;31-26-14-13-23(18-27(26)32)29(37)34-19-24-15-17-36(30(38)28(35-24)12-7-16-33)20-25(21-8-3-1-4-9-21)22-10-5-2-6-11-22/h1-2,4-7,10-11,13-18,22-23,27,35-38,41,43H,3,8-9,12,19-21,24-26,28-29H2,(H,42,45);1-6,8-11,13-14,18,24-25,28,35H,7,12,15-17,19-20,33H2,(H,34,37)/t36-,38-;24-,28-/m00/s1. The SMILES string of the molecule is NCCC[C@@H]1N[C@H](CNC(=O)c2ccc(Cl)c(Cl)c2)CCN(CC(c2ccccc2)c2ccccc2)C1=O.O=C(NC[C@@H]1CCN(CC(c2ccccc2)c2ccccc2)C(=O)[C@H](CCCNC2CCCCC2)N1)c1ccc2ccccc2c1. The summed E-state index contributed by atoms with van der Waals surface area (Å²) in [5.41, 5.74) is 11.7. The van der Waals surface area contributed by atoms with Gasteiger partial charge in [0.15, 0.2) is 0 Å². The van der Waals surface area contributed by atoms with Crippen LogP contribution in [0.4, 0.5) is 0 Å². The van der Waals surface area contributed by atoms with Crippen molar-refractivity contribution in [3.8, 4) is 0 Å². The Balaban J connectivity index is 0.000000205. The number of hydrogen-bond acceptors (Lipinski definition) is 8. The third-order valence-corrected chi connectivity index (χ3v) is 17.6. The Bertz CT molecular complexity index is 3110. The van der Waals surface area contributed by atoms with Crippen molar-refractivity contribution in [1.82, 2.24) is 36.4 Å². The molecule has 1 saturated carbocycles. The number of benzene rings is 7. The van der Waals surface area contributed by atoms with Crippen molar-refractivity contribution in [3.05, 3.63) is 225 Å². The van der Waals surface area contributed by atoms with Crippen LogP contribution in [-0.4, -0.2) is 116 Å². The highest BCUT2D eigenvalue weighted by Crippen LogP contribution is 2.30. The Kier molecular flexibility index (Phi) is 23.4. The Morgan fingerprint density at radius 3 is 1.43 bits per heavy atom.